The van der Waals surface area contributed by atoms with E-state index in [1.165, 1.54) is 154 Å². The molecule has 442 valence electrons. The van der Waals surface area contributed by atoms with Crippen LogP contribution in [0, 0.1) is 0 Å². The van der Waals surface area contributed by atoms with Crippen LogP contribution in [-0.4, -0.2) is 99.6 Å². The zero-order chi connectivity index (χ0) is 55.4. The van der Waals surface area contributed by atoms with Crippen LogP contribution < -0.4 is 5.32 Å². The monoisotopic (exact) mass is 1070 g/mol. The molecule has 0 spiro atoms. The number of carbonyl (C=O) groups is 2. The summed E-state index contributed by atoms with van der Waals surface area (Å²) in [4.78, 5) is 26.5. The molecule has 1 saturated heterocycles. The highest BCUT2D eigenvalue weighted by Crippen LogP contribution is 2.26. The van der Waals surface area contributed by atoms with Gasteiger partial charge in [-0.25, -0.2) is 0 Å². The van der Waals surface area contributed by atoms with Crippen molar-refractivity contribution in [2.45, 2.75) is 327 Å². The van der Waals surface area contributed by atoms with Crippen LogP contribution in [0.4, 0.5) is 0 Å². The quantitative estimate of drug-likeness (QED) is 0.0195. The number of carbonyl (C=O) groups excluding carboxylic acids is 2. The molecule has 1 heterocycles. The van der Waals surface area contributed by atoms with Gasteiger partial charge in [0.05, 0.1) is 25.4 Å². The highest BCUT2D eigenvalue weighted by atomic mass is 16.7. The molecule has 1 aliphatic heterocycles. The highest BCUT2D eigenvalue weighted by Gasteiger charge is 2.47. The topological polar surface area (TPSA) is 175 Å². The number of unbranched alkanes of at least 4 members (excludes halogenated alkanes) is 31. The second-order valence-corrected chi connectivity index (χ2v) is 21.8. The van der Waals surface area contributed by atoms with Crippen LogP contribution >= 0.6 is 0 Å². The number of hydrogen-bond acceptors (Lipinski definition) is 10. The normalized spacial score (nSPS) is 19.5. The molecule has 0 aromatic rings. The van der Waals surface area contributed by atoms with Gasteiger partial charge in [-0.2, -0.15) is 0 Å². The molecule has 1 rings (SSSR count). The predicted molar refractivity (Wildman–Crippen MR) is 315 cm³/mol. The second kappa shape index (κ2) is 53.0. The van der Waals surface area contributed by atoms with Crippen LogP contribution in [0.3, 0.4) is 0 Å². The van der Waals surface area contributed by atoms with Crippen molar-refractivity contribution < 1.29 is 49.3 Å². The summed E-state index contributed by atoms with van der Waals surface area (Å²) < 4.78 is 17.6. The van der Waals surface area contributed by atoms with E-state index in [-0.39, 0.29) is 13.0 Å². The van der Waals surface area contributed by atoms with Gasteiger partial charge in [0.15, 0.2) is 12.4 Å². The summed E-state index contributed by atoms with van der Waals surface area (Å²) in [5.74, 6) is -1.22. The number of rotatable bonds is 53. The van der Waals surface area contributed by atoms with E-state index in [0.717, 1.165) is 77.0 Å². The van der Waals surface area contributed by atoms with Crippen molar-refractivity contribution in [3.05, 3.63) is 60.8 Å². The third-order valence-corrected chi connectivity index (χ3v) is 14.7. The zero-order valence-corrected chi connectivity index (χ0v) is 48.9. The maximum absolute atomic E-state index is 13.4. The average molecular weight is 1070 g/mol. The summed E-state index contributed by atoms with van der Waals surface area (Å²) in [6, 6.07) is -1.03. The lowest BCUT2D eigenvalue weighted by molar-refractivity contribution is -0.305. The van der Waals surface area contributed by atoms with Crippen LogP contribution in [-0.2, 0) is 23.8 Å². The minimum Gasteiger partial charge on any atom is -0.454 e. The fourth-order valence-electron chi connectivity index (χ4n) is 9.64. The van der Waals surface area contributed by atoms with Gasteiger partial charge in [-0.3, -0.25) is 9.59 Å². The summed E-state index contributed by atoms with van der Waals surface area (Å²) in [6.07, 6.45) is 55.4. The summed E-state index contributed by atoms with van der Waals surface area (Å²) in [5, 5.41) is 57.0. The van der Waals surface area contributed by atoms with Gasteiger partial charge in [0, 0.05) is 6.42 Å². The van der Waals surface area contributed by atoms with Crippen molar-refractivity contribution in [2.75, 3.05) is 13.2 Å². The second-order valence-electron chi connectivity index (χ2n) is 21.8. The van der Waals surface area contributed by atoms with E-state index in [9.17, 15) is 35.1 Å². The molecule has 1 fully saturated rings. The predicted octanol–water partition coefficient (Wildman–Crippen LogP) is 15.0. The Morgan fingerprint density at radius 1 is 0.513 bits per heavy atom. The molecule has 76 heavy (non-hydrogen) atoms. The first-order chi connectivity index (χ1) is 37.2. The van der Waals surface area contributed by atoms with Gasteiger partial charge in [0.25, 0.3) is 0 Å². The molecule has 6 N–H and O–H groups in total. The van der Waals surface area contributed by atoms with Crippen molar-refractivity contribution in [3.63, 3.8) is 0 Å². The molecule has 0 aromatic heterocycles. The third kappa shape index (κ3) is 40.5. The summed E-state index contributed by atoms with van der Waals surface area (Å²) >= 11 is 0. The van der Waals surface area contributed by atoms with Crippen molar-refractivity contribution in [3.8, 4) is 0 Å². The van der Waals surface area contributed by atoms with E-state index in [1.807, 2.05) is 6.08 Å². The number of esters is 1. The molecule has 0 aliphatic carbocycles. The first-order valence-electron chi connectivity index (χ1n) is 31.6. The van der Waals surface area contributed by atoms with E-state index < -0.39 is 67.4 Å². The van der Waals surface area contributed by atoms with Crippen LogP contribution in [0.15, 0.2) is 60.8 Å². The number of aliphatic hydroxyl groups is 5. The summed E-state index contributed by atoms with van der Waals surface area (Å²) in [5.41, 5.74) is 0. The summed E-state index contributed by atoms with van der Waals surface area (Å²) in [6.45, 7) is 5.76. The molecule has 11 heteroatoms. The van der Waals surface area contributed by atoms with Crippen LogP contribution in [0.1, 0.15) is 278 Å². The number of allylic oxidation sites excluding steroid dienone is 9. The number of nitrogens with one attached hydrogen (secondary N) is 1. The lowest BCUT2D eigenvalue weighted by atomic mass is 9.99. The molecular weight excluding hydrogens is 955 g/mol. The molecule has 0 bridgehead atoms. The van der Waals surface area contributed by atoms with Crippen LogP contribution in [0.5, 0.6) is 0 Å². The SMILES string of the molecule is CCCCC/C=C\C/C=C\C/C=C\C/C=C\CCCCCC(=O)OC1C(OCC(NC(=O)C(O)CCCCCCCCCCCCCCCCCC)C(O)/C=C/CCCCCCCCCCCC)OC(CO)C(O)C1O. The Bertz CT molecular complexity index is 1460. The molecule has 11 nitrogen and oxygen atoms in total. The first-order valence-corrected chi connectivity index (χ1v) is 31.6. The fraction of sp³-hybridized carbons (Fsp3) is 0.815. The van der Waals surface area contributed by atoms with Crippen molar-refractivity contribution >= 4 is 11.9 Å². The van der Waals surface area contributed by atoms with E-state index in [2.05, 4.69) is 74.7 Å². The lowest BCUT2D eigenvalue weighted by Crippen LogP contribution is -2.61. The zero-order valence-electron chi connectivity index (χ0n) is 48.9. The van der Waals surface area contributed by atoms with Gasteiger partial charge in [-0.15, -0.1) is 0 Å². The van der Waals surface area contributed by atoms with Gasteiger partial charge in [0.1, 0.15) is 24.4 Å². The Labute approximate surface area is 465 Å². The molecule has 1 aliphatic rings. The minimum absolute atomic E-state index is 0.0859. The van der Waals surface area contributed by atoms with Gasteiger partial charge >= 0.3 is 5.97 Å². The Kier molecular flexibility index (Phi) is 49.8. The molecule has 8 atom stereocenters. The number of aliphatic hydroxyl groups excluding tert-OH is 5. The van der Waals surface area contributed by atoms with Crippen molar-refractivity contribution in [2.24, 2.45) is 0 Å². The smallest absolute Gasteiger partial charge is 0.306 e. The maximum Gasteiger partial charge on any atom is 0.306 e. The Hall–Kier alpha value is -2.64. The standard InChI is InChI=1S/C65H117NO10/c1-4-7-10-13-16-19-22-25-27-29-30-31-33-35-38-41-44-47-50-53-60(70)76-63-62(72)61(71)59(54-67)75-65(63)74-55-56(57(68)51-48-45-42-39-36-24-21-18-15-12-9-6-3)66-64(73)58(69)52-49-46-43-40-37-34-32-28-26-23-20-17-14-11-8-5-2/h16,19,25,27,30-31,35,38,48,51,56-59,61-63,65,67-69,71-72H,4-15,17-18,20-24,26,28-29,32-34,36-37,39-47,49-50,52-55H2,1-3H3,(H,66,73)/b19-16-,27-25-,31-30-,38-35-,51-48+. The Morgan fingerprint density at radius 3 is 1.38 bits per heavy atom. The summed E-state index contributed by atoms with van der Waals surface area (Å²) in [7, 11) is 0. The maximum atomic E-state index is 13.4. The fourth-order valence-corrected chi connectivity index (χ4v) is 9.64. The Morgan fingerprint density at radius 2 is 0.908 bits per heavy atom. The number of ether oxygens (including phenoxy) is 3. The molecule has 0 radical (unpaired) electrons. The van der Waals surface area contributed by atoms with Crippen LogP contribution in [0.25, 0.3) is 0 Å². The van der Waals surface area contributed by atoms with Crippen molar-refractivity contribution in [1.82, 2.24) is 5.32 Å². The van der Waals surface area contributed by atoms with E-state index in [4.69, 9.17) is 14.2 Å². The van der Waals surface area contributed by atoms with Crippen LogP contribution in [0.2, 0.25) is 0 Å². The van der Waals surface area contributed by atoms with E-state index in [1.54, 1.807) is 6.08 Å². The van der Waals surface area contributed by atoms with Gasteiger partial charge in [0.2, 0.25) is 5.91 Å². The molecule has 1 amide bonds. The number of hydrogen-bond donors (Lipinski definition) is 6. The average Bonchev–Trinajstić information content (AvgIpc) is 3.42. The van der Waals surface area contributed by atoms with Gasteiger partial charge in [-0.1, -0.05) is 261 Å². The third-order valence-electron chi connectivity index (χ3n) is 14.7. The first kappa shape index (κ1) is 71.4. The number of amides is 1. The molecule has 8 unspecified atom stereocenters. The highest BCUT2D eigenvalue weighted by molar-refractivity contribution is 5.80. The minimum atomic E-state index is -1.63. The molecule has 0 aromatic carbocycles. The molecule has 0 saturated carbocycles. The van der Waals surface area contributed by atoms with Gasteiger partial charge in [-0.05, 0) is 70.6 Å². The largest absolute Gasteiger partial charge is 0.454 e. The van der Waals surface area contributed by atoms with E-state index >= 15 is 0 Å². The van der Waals surface area contributed by atoms with E-state index in [0.29, 0.717) is 19.3 Å². The Balaban J connectivity index is 2.70. The van der Waals surface area contributed by atoms with Gasteiger partial charge < -0.3 is 45.1 Å². The van der Waals surface area contributed by atoms with Crippen molar-refractivity contribution in [1.29, 1.82) is 0 Å². The lowest BCUT2D eigenvalue weighted by Gasteiger charge is -2.41. The molecular formula is C65H117NO10.